The fourth-order valence-electron chi connectivity index (χ4n) is 2.91. The fraction of sp³-hybridized carbons (Fsp3) is 0.158. The minimum Gasteiger partial charge on any atom is -0.310 e. The molecule has 0 saturated heterocycles. The zero-order valence-electron chi connectivity index (χ0n) is 14.0. The maximum Gasteiger partial charge on any atom is 0.258 e. The fourth-order valence-corrected chi connectivity index (χ4v) is 2.91. The highest BCUT2D eigenvalue weighted by Crippen LogP contribution is 2.11. The van der Waals surface area contributed by atoms with E-state index in [1.165, 1.54) is 0 Å². The van der Waals surface area contributed by atoms with E-state index in [-0.39, 0.29) is 11.5 Å². The summed E-state index contributed by atoms with van der Waals surface area (Å²) in [6.45, 7) is 0. The van der Waals surface area contributed by atoms with Gasteiger partial charge in [0.1, 0.15) is 12.2 Å². The van der Waals surface area contributed by atoms with Crippen LogP contribution in [0.2, 0.25) is 0 Å². The van der Waals surface area contributed by atoms with Gasteiger partial charge in [-0.3, -0.25) is 15.0 Å². The van der Waals surface area contributed by atoms with Crippen molar-refractivity contribution in [1.29, 1.82) is 0 Å². The van der Waals surface area contributed by atoms with Crippen LogP contribution in [0.3, 0.4) is 0 Å². The Morgan fingerprint density at radius 2 is 1.85 bits per heavy atom. The van der Waals surface area contributed by atoms with E-state index in [4.69, 9.17) is 0 Å². The third-order valence-corrected chi connectivity index (χ3v) is 4.18. The number of amides is 1. The van der Waals surface area contributed by atoms with Gasteiger partial charge in [-0.25, -0.2) is 14.6 Å². The highest BCUT2D eigenvalue weighted by Gasteiger charge is 2.08. The van der Waals surface area contributed by atoms with Crippen molar-refractivity contribution in [3.8, 4) is 0 Å². The molecular formula is C19H17N5O2. The van der Waals surface area contributed by atoms with Crippen LogP contribution in [-0.2, 0) is 11.2 Å². The monoisotopic (exact) mass is 347 g/mol. The van der Waals surface area contributed by atoms with E-state index in [1.807, 2.05) is 42.5 Å². The Morgan fingerprint density at radius 1 is 1.08 bits per heavy atom. The summed E-state index contributed by atoms with van der Waals surface area (Å²) >= 11 is 0. The molecule has 1 amide bonds. The van der Waals surface area contributed by atoms with Crippen LogP contribution in [0.5, 0.6) is 0 Å². The number of aromatic nitrogens is 4. The number of imidazole rings is 1. The number of carbonyl (C=O) groups is 1. The molecule has 4 rings (SSSR count). The zero-order valence-corrected chi connectivity index (χ0v) is 14.0. The molecule has 0 aliphatic carbocycles. The molecule has 2 aromatic heterocycles. The van der Waals surface area contributed by atoms with Gasteiger partial charge >= 0.3 is 0 Å². The second-order valence-electron chi connectivity index (χ2n) is 6.02. The van der Waals surface area contributed by atoms with Crippen LogP contribution < -0.4 is 11.0 Å². The van der Waals surface area contributed by atoms with Gasteiger partial charge in [0.25, 0.3) is 5.56 Å². The van der Waals surface area contributed by atoms with Gasteiger partial charge in [-0.05, 0) is 30.7 Å². The largest absolute Gasteiger partial charge is 0.310 e. The van der Waals surface area contributed by atoms with E-state index in [1.54, 1.807) is 17.1 Å². The Bertz CT molecular complexity index is 1150. The second-order valence-corrected chi connectivity index (χ2v) is 6.02. The molecule has 2 aromatic carbocycles. The standard InChI is InChI=1S/C19H17N5O2/c25-18(23-24-12-20-15-8-3-4-9-16(15)24)11-5-10-17-21-14-7-2-1-6-13(14)19(26)22-17/h1-4,6-9,12H,5,10-11H2,(H,23,25)(H,21,22,26). The molecule has 0 saturated carbocycles. The lowest BCUT2D eigenvalue weighted by atomic mass is 10.2. The number of fused-ring (bicyclic) bond motifs is 2. The number of nitrogens with one attached hydrogen (secondary N) is 2. The van der Waals surface area contributed by atoms with Crippen LogP contribution in [0.4, 0.5) is 0 Å². The van der Waals surface area contributed by atoms with E-state index in [0.717, 1.165) is 11.0 Å². The molecule has 0 fully saturated rings. The van der Waals surface area contributed by atoms with E-state index < -0.39 is 0 Å². The van der Waals surface area contributed by atoms with Gasteiger partial charge in [0, 0.05) is 12.8 Å². The van der Waals surface area contributed by atoms with E-state index >= 15 is 0 Å². The molecule has 7 heteroatoms. The molecule has 0 aliphatic heterocycles. The lowest BCUT2D eigenvalue weighted by Crippen LogP contribution is -2.22. The summed E-state index contributed by atoms with van der Waals surface area (Å²) < 4.78 is 1.62. The SMILES string of the molecule is O=C(CCCc1nc2ccccc2c(=O)[nH]1)Nn1cnc2ccccc21. The molecule has 0 bridgehead atoms. The number of benzene rings is 2. The van der Waals surface area contributed by atoms with Crippen LogP contribution in [-0.4, -0.2) is 25.5 Å². The first-order chi connectivity index (χ1) is 12.7. The smallest absolute Gasteiger partial charge is 0.258 e. The van der Waals surface area contributed by atoms with Crippen LogP contribution in [0.25, 0.3) is 21.9 Å². The highest BCUT2D eigenvalue weighted by molar-refractivity contribution is 5.86. The molecule has 130 valence electrons. The van der Waals surface area contributed by atoms with Crippen molar-refractivity contribution < 1.29 is 4.79 Å². The van der Waals surface area contributed by atoms with Crippen molar-refractivity contribution in [3.05, 3.63) is 71.0 Å². The van der Waals surface area contributed by atoms with Crippen molar-refractivity contribution >= 4 is 27.8 Å². The molecule has 2 N–H and O–H groups in total. The first-order valence-corrected chi connectivity index (χ1v) is 8.40. The number of hydrogen-bond acceptors (Lipinski definition) is 4. The maximum absolute atomic E-state index is 12.2. The quantitative estimate of drug-likeness (QED) is 0.580. The highest BCUT2D eigenvalue weighted by atomic mass is 16.2. The predicted octanol–water partition coefficient (Wildman–Crippen LogP) is 2.37. The summed E-state index contributed by atoms with van der Waals surface area (Å²) in [5.41, 5.74) is 5.00. The number of aryl methyl sites for hydroxylation is 1. The number of aromatic amines is 1. The minimum atomic E-state index is -0.153. The third kappa shape index (κ3) is 3.19. The molecule has 0 unspecified atom stereocenters. The maximum atomic E-state index is 12.2. The van der Waals surface area contributed by atoms with Crippen molar-refractivity contribution in [3.63, 3.8) is 0 Å². The van der Waals surface area contributed by atoms with Crippen LogP contribution in [0.1, 0.15) is 18.7 Å². The van der Waals surface area contributed by atoms with Gasteiger partial charge < -0.3 is 4.98 Å². The second kappa shape index (κ2) is 6.79. The van der Waals surface area contributed by atoms with Crippen LogP contribution >= 0.6 is 0 Å². The number of nitrogens with zero attached hydrogens (tertiary/aromatic N) is 3. The summed E-state index contributed by atoms with van der Waals surface area (Å²) in [6, 6.07) is 14.8. The lowest BCUT2D eigenvalue weighted by molar-refractivity contribution is -0.117. The Morgan fingerprint density at radius 3 is 2.73 bits per heavy atom. The molecule has 0 radical (unpaired) electrons. The van der Waals surface area contributed by atoms with Crippen molar-refractivity contribution in [2.24, 2.45) is 0 Å². The van der Waals surface area contributed by atoms with Gasteiger partial charge in [0.05, 0.1) is 21.9 Å². The first kappa shape index (κ1) is 16.0. The molecule has 2 heterocycles. The van der Waals surface area contributed by atoms with Crippen LogP contribution in [0.15, 0.2) is 59.7 Å². The van der Waals surface area contributed by atoms with Gasteiger partial charge in [-0.2, -0.15) is 0 Å². The Hall–Kier alpha value is -3.48. The number of hydrogen-bond donors (Lipinski definition) is 2. The normalized spacial score (nSPS) is 11.1. The van der Waals surface area contributed by atoms with Crippen LogP contribution in [0, 0.1) is 0 Å². The van der Waals surface area contributed by atoms with Gasteiger partial charge in [-0.15, -0.1) is 0 Å². The topological polar surface area (TPSA) is 92.7 Å². The summed E-state index contributed by atoms with van der Waals surface area (Å²) in [6.07, 6.45) is 3.02. The molecule has 0 atom stereocenters. The summed E-state index contributed by atoms with van der Waals surface area (Å²) in [5.74, 6) is 0.478. The van der Waals surface area contributed by atoms with Crippen molar-refractivity contribution in [1.82, 2.24) is 19.6 Å². The number of H-pyrrole nitrogens is 1. The van der Waals surface area contributed by atoms with Crippen molar-refractivity contribution in [2.75, 3.05) is 5.43 Å². The van der Waals surface area contributed by atoms with Gasteiger partial charge in [0.15, 0.2) is 0 Å². The molecular weight excluding hydrogens is 330 g/mol. The Balaban J connectivity index is 1.39. The van der Waals surface area contributed by atoms with E-state index in [0.29, 0.717) is 36.0 Å². The molecule has 0 spiro atoms. The van der Waals surface area contributed by atoms with Crippen molar-refractivity contribution in [2.45, 2.75) is 19.3 Å². The van der Waals surface area contributed by atoms with E-state index in [9.17, 15) is 9.59 Å². The zero-order chi connectivity index (χ0) is 17.9. The average Bonchev–Trinajstić information content (AvgIpc) is 3.05. The molecule has 26 heavy (non-hydrogen) atoms. The first-order valence-electron chi connectivity index (χ1n) is 8.40. The number of para-hydroxylation sites is 3. The van der Waals surface area contributed by atoms with Gasteiger partial charge in [0.2, 0.25) is 5.91 Å². The summed E-state index contributed by atoms with van der Waals surface area (Å²) in [7, 11) is 0. The van der Waals surface area contributed by atoms with Gasteiger partial charge in [-0.1, -0.05) is 24.3 Å². The predicted molar refractivity (Wildman–Crippen MR) is 99.4 cm³/mol. The molecule has 7 nitrogen and oxygen atoms in total. The Kier molecular flexibility index (Phi) is 4.18. The lowest BCUT2D eigenvalue weighted by Gasteiger charge is -2.07. The number of carbonyl (C=O) groups excluding carboxylic acids is 1. The summed E-state index contributed by atoms with van der Waals surface area (Å²) in [5, 5.41) is 0.570. The average molecular weight is 347 g/mol. The van der Waals surface area contributed by atoms with E-state index in [2.05, 4.69) is 20.4 Å². The summed E-state index contributed by atoms with van der Waals surface area (Å²) in [4.78, 5) is 35.7. The minimum absolute atomic E-state index is 0.115. The third-order valence-electron chi connectivity index (χ3n) is 4.18. The molecule has 0 aliphatic rings. The Labute approximate surface area is 148 Å². The molecule has 4 aromatic rings. The number of rotatable bonds is 5.